The highest BCUT2D eigenvalue weighted by Crippen LogP contribution is 2.31. The first kappa shape index (κ1) is 18.9. The van der Waals surface area contributed by atoms with Crippen LogP contribution in [0.5, 0.6) is 0 Å². The van der Waals surface area contributed by atoms with Crippen LogP contribution in [-0.2, 0) is 23.0 Å². The summed E-state index contributed by atoms with van der Waals surface area (Å²) in [5.41, 5.74) is -1.26. The summed E-state index contributed by atoms with van der Waals surface area (Å²) in [6.45, 7) is 8.81. The van der Waals surface area contributed by atoms with Crippen molar-refractivity contribution in [3.05, 3.63) is 11.9 Å². The highest BCUT2D eigenvalue weighted by Gasteiger charge is 2.43. The van der Waals surface area contributed by atoms with Crippen molar-refractivity contribution in [1.29, 1.82) is 0 Å². The van der Waals surface area contributed by atoms with E-state index in [-0.39, 0.29) is 18.9 Å². The average molecular weight is 326 g/mol. The first-order valence-corrected chi connectivity index (χ1v) is 7.52. The van der Waals surface area contributed by atoms with Gasteiger partial charge >= 0.3 is 12.1 Å². The first-order chi connectivity index (χ1) is 10.5. The maximum absolute atomic E-state index is 11.9. The number of carbonyl (C=O) groups is 2. The number of aryl methyl sites for hydroxylation is 1. The van der Waals surface area contributed by atoms with Crippen molar-refractivity contribution in [3.63, 3.8) is 0 Å². The maximum Gasteiger partial charge on any atom is 0.407 e. The Morgan fingerprint density at radius 1 is 1.39 bits per heavy atom. The van der Waals surface area contributed by atoms with E-state index < -0.39 is 23.1 Å². The standard InChI is InChI=1S/C15H26N4O4/c1-10(2)15(12(20)21,7-11-8-19(6)18-17-11)9-16-13(22)23-14(3,4)5/h8,10H,7,9H2,1-6H3,(H,16,22)(H,20,21). The number of carbonyl (C=O) groups excluding carboxylic acids is 1. The van der Waals surface area contributed by atoms with Crippen molar-refractivity contribution in [2.45, 2.75) is 46.6 Å². The smallest absolute Gasteiger partial charge is 0.407 e. The highest BCUT2D eigenvalue weighted by atomic mass is 16.6. The SMILES string of the molecule is CC(C)C(CNC(=O)OC(C)(C)C)(Cc1cn(C)nn1)C(=O)O. The number of nitrogens with zero attached hydrogens (tertiary/aromatic N) is 3. The van der Waals surface area contributed by atoms with Gasteiger partial charge in [-0.25, -0.2) is 4.79 Å². The molecule has 0 bridgehead atoms. The number of alkyl carbamates (subject to hydrolysis) is 1. The summed E-state index contributed by atoms with van der Waals surface area (Å²) in [6.07, 6.45) is 1.21. The Bertz CT molecular complexity index is 562. The van der Waals surface area contributed by atoms with Gasteiger partial charge in [-0.2, -0.15) is 0 Å². The van der Waals surface area contributed by atoms with Crippen molar-refractivity contribution >= 4 is 12.1 Å². The first-order valence-electron chi connectivity index (χ1n) is 7.52. The highest BCUT2D eigenvalue weighted by molar-refractivity contribution is 5.77. The molecule has 8 heteroatoms. The van der Waals surface area contributed by atoms with E-state index in [0.29, 0.717) is 5.69 Å². The molecule has 1 aromatic rings. The van der Waals surface area contributed by atoms with Crippen molar-refractivity contribution in [3.8, 4) is 0 Å². The number of carboxylic acid groups (broad SMARTS) is 1. The molecule has 0 aliphatic carbocycles. The number of carboxylic acids is 1. The zero-order valence-electron chi connectivity index (χ0n) is 14.6. The molecule has 0 aliphatic rings. The molecular weight excluding hydrogens is 300 g/mol. The van der Waals surface area contributed by atoms with Gasteiger partial charge in [0.1, 0.15) is 5.60 Å². The molecule has 0 fully saturated rings. The van der Waals surface area contributed by atoms with Gasteiger partial charge in [0.15, 0.2) is 0 Å². The summed E-state index contributed by atoms with van der Waals surface area (Å²) in [6, 6.07) is 0. The van der Waals surface area contributed by atoms with Crippen LogP contribution in [-0.4, -0.2) is 44.3 Å². The number of amides is 1. The molecule has 130 valence electrons. The van der Waals surface area contributed by atoms with Crippen LogP contribution in [0.15, 0.2) is 6.20 Å². The second kappa shape index (κ2) is 6.97. The van der Waals surface area contributed by atoms with E-state index in [0.717, 1.165) is 0 Å². The Labute approximate surface area is 136 Å². The lowest BCUT2D eigenvalue weighted by atomic mass is 9.73. The van der Waals surface area contributed by atoms with Gasteiger partial charge in [0, 0.05) is 26.2 Å². The van der Waals surface area contributed by atoms with Crippen LogP contribution >= 0.6 is 0 Å². The molecule has 1 aromatic heterocycles. The Morgan fingerprint density at radius 3 is 2.39 bits per heavy atom. The van der Waals surface area contributed by atoms with Crippen molar-refractivity contribution in [2.75, 3.05) is 6.54 Å². The average Bonchev–Trinajstić information content (AvgIpc) is 2.77. The number of nitrogens with one attached hydrogen (secondary N) is 1. The van der Waals surface area contributed by atoms with Crippen LogP contribution < -0.4 is 5.32 Å². The maximum atomic E-state index is 11.9. The fraction of sp³-hybridized carbons (Fsp3) is 0.733. The molecule has 0 aromatic carbocycles. The third-order valence-corrected chi connectivity index (χ3v) is 3.62. The van der Waals surface area contributed by atoms with Gasteiger partial charge in [0.05, 0.1) is 11.1 Å². The van der Waals surface area contributed by atoms with E-state index in [1.807, 2.05) is 0 Å². The summed E-state index contributed by atoms with van der Waals surface area (Å²) >= 11 is 0. The number of hydrogen-bond acceptors (Lipinski definition) is 5. The predicted molar refractivity (Wildman–Crippen MR) is 83.9 cm³/mol. The molecule has 1 unspecified atom stereocenters. The molecule has 8 nitrogen and oxygen atoms in total. The molecule has 1 heterocycles. The van der Waals surface area contributed by atoms with Crippen LogP contribution in [0, 0.1) is 11.3 Å². The Kier molecular flexibility index (Phi) is 5.74. The molecule has 1 rings (SSSR count). The van der Waals surface area contributed by atoms with E-state index in [1.165, 1.54) is 4.68 Å². The van der Waals surface area contributed by atoms with Gasteiger partial charge in [-0.05, 0) is 26.7 Å². The van der Waals surface area contributed by atoms with Crippen LogP contribution in [0.25, 0.3) is 0 Å². The third kappa shape index (κ3) is 5.22. The van der Waals surface area contributed by atoms with Crippen molar-refractivity contribution in [2.24, 2.45) is 18.4 Å². The predicted octanol–water partition coefficient (Wildman–Crippen LogP) is 1.61. The van der Waals surface area contributed by atoms with Crippen LogP contribution in [0.2, 0.25) is 0 Å². The van der Waals surface area contributed by atoms with Gasteiger partial charge in [0.25, 0.3) is 0 Å². The van der Waals surface area contributed by atoms with Gasteiger partial charge in [0.2, 0.25) is 0 Å². The molecule has 0 saturated carbocycles. The van der Waals surface area contributed by atoms with E-state index in [1.54, 1.807) is 47.9 Å². The van der Waals surface area contributed by atoms with Crippen LogP contribution in [0.3, 0.4) is 0 Å². The van der Waals surface area contributed by atoms with Crippen molar-refractivity contribution in [1.82, 2.24) is 20.3 Å². The second-order valence-corrected chi connectivity index (χ2v) is 7.03. The molecule has 0 radical (unpaired) electrons. The molecule has 1 atom stereocenters. The molecule has 2 N–H and O–H groups in total. The summed E-state index contributed by atoms with van der Waals surface area (Å²) in [5, 5.41) is 20.1. The number of aliphatic carboxylic acids is 1. The summed E-state index contributed by atoms with van der Waals surface area (Å²) in [4.78, 5) is 23.8. The van der Waals surface area contributed by atoms with Gasteiger partial charge in [-0.1, -0.05) is 19.1 Å². The van der Waals surface area contributed by atoms with Crippen LogP contribution in [0.1, 0.15) is 40.3 Å². The quantitative estimate of drug-likeness (QED) is 0.822. The van der Waals surface area contributed by atoms with Crippen molar-refractivity contribution < 1.29 is 19.4 Å². The monoisotopic (exact) mass is 326 g/mol. The van der Waals surface area contributed by atoms with E-state index in [4.69, 9.17) is 4.74 Å². The lowest BCUT2D eigenvalue weighted by Gasteiger charge is -2.33. The van der Waals surface area contributed by atoms with Gasteiger partial charge < -0.3 is 15.2 Å². The normalized spacial score (nSPS) is 14.4. The lowest BCUT2D eigenvalue weighted by Crippen LogP contribution is -2.49. The van der Waals surface area contributed by atoms with Crippen LogP contribution in [0.4, 0.5) is 4.79 Å². The largest absolute Gasteiger partial charge is 0.481 e. The Hall–Kier alpha value is -2.12. The third-order valence-electron chi connectivity index (χ3n) is 3.62. The van der Waals surface area contributed by atoms with Gasteiger partial charge in [-0.15, -0.1) is 5.10 Å². The fourth-order valence-corrected chi connectivity index (χ4v) is 2.21. The summed E-state index contributed by atoms with van der Waals surface area (Å²) in [7, 11) is 1.72. The summed E-state index contributed by atoms with van der Waals surface area (Å²) in [5.74, 6) is -1.22. The van der Waals surface area contributed by atoms with E-state index in [2.05, 4.69) is 15.6 Å². The molecule has 0 aliphatic heterocycles. The molecule has 1 amide bonds. The number of hydrogen-bond donors (Lipinski definition) is 2. The van der Waals surface area contributed by atoms with E-state index in [9.17, 15) is 14.7 Å². The Balaban J connectivity index is 2.92. The topological polar surface area (TPSA) is 106 Å². The minimum absolute atomic E-state index is 0.0501. The molecular formula is C15H26N4O4. The van der Waals surface area contributed by atoms with E-state index >= 15 is 0 Å². The summed E-state index contributed by atoms with van der Waals surface area (Å²) < 4.78 is 6.69. The number of ether oxygens (including phenoxy) is 1. The Morgan fingerprint density at radius 2 is 2.00 bits per heavy atom. The molecule has 0 spiro atoms. The van der Waals surface area contributed by atoms with Gasteiger partial charge in [-0.3, -0.25) is 9.48 Å². The molecule has 0 saturated heterocycles. The number of rotatable bonds is 6. The minimum Gasteiger partial charge on any atom is -0.481 e. The second-order valence-electron chi connectivity index (χ2n) is 7.03. The fourth-order valence-electron chi connectivity index (χ4n) is 2.21. The lowest BCUT2D eigenvalue weighted by molar-refractivity contribution is -0.151. The minimum atomic E-state index is -1.19. The zero-order chi connectivity index (χ0) is 17.8. The zero-order valence-corrected chi connectivity index (χ0v) is 14.6. The molecule has 23 heavy (non-hydrogen) atoms. The number of aromatic nitrogens is 3.